The number of amides is 3. The molecule has 4 heterocycles. The fourth-order valence-corrected chi connectivity index (χ4v) is 8.10. The van der Waals surface area contributed by atoms with Crippen LogP contribution >= 0.6 is 11.6 Å². The third kappa shape index (κ3) is 7.30. The number of hydrogen-bond acceptors (Lipinski definition) is 4. The van der Waals surface area contributed by atoms with Crippen LogP contribution in [0.15, 0.2) is 79.0 Å². The van der Waals surface area contributed by atoms with Gasteiger partial charge in [0.05, 0.1) is 0 Å². The van der Waals surface area contributed by atoms with Crippen molar-refractivity contribution in [2.75, 3.05) is 44.2 Å². The molecule has 0 aliphatic carbocycles. The summed E-state index contributed by atoms with van der Waals surface area (Å²) in [4.78, 5) is 51.0. The zero-order valence-corrected chi connectivity index (χ0v) is 28.1. The molecule has 4 aromatic rings. The van der Waals surface area contributed by atoms with Crippen LogP contribution < -0.4 is 10.2 Å². The number of aromatic amines is 1. The lowest BCUT2D eigenvalue weighted by Crippen LogP contribution is -2.53. The van der Waals surface area contributed by atoms with E-state index in [2.05, 4.69) is 21.3 Å². The van der Waals surface area contributed by atoms with E-state index in [1.165, 1.54) is 12.8 Å². The molecular weight excluding hydrogens is 622 g/mol. The van der Waals surface area contributed by atoms with Crippen LogP contribution in [0.5, 0.6) is 0 Å². The maximum Gasteiger partial charge on any atom is 0.253 e. The van der Waals surface area contributed by atoms with E-state index in [1.54, 1.807) is 0 Å². The lowest BCUT2D eigenvalue weighted by Gasteiger charge is -2.38. The summed E-state index contributed by atoms with van der Waals surface area (Å²) in [6.45, 7) is 5.00. The number of likely N-dealkylation sites (tertiary alicyclic amines) is 2. The highest BCUT2D eigenvalue weighted by Crippen LogP contribution is 2.34. The second kappa shape index (κ2) is 14.5. The van der Waals surface area contributed by atoms with Crippen molar-refractivity contribution < 1.29 is 14.4 Å². The number of aromatic nitrogens is 1. The molecule has 9 heteroatoms. The lowest BCUT2D eigenvalue weighted by molar-refractivity contribution is -0.128. The molecule has 0 radical (unpaired) electrons. The SMILES string of the molecule is O=C(CC1CCN(C(=O)c2ccccc2)CC1)N[C@H](Cc1c[nH]c2ccccc12)C(=O)N1C[C@@H](CN2CCCC2)Cc2cc(Cl)ccc21. The Labute approximate surface area is 287 Å². The average molecular weight is 666 g/mol. The van der Waals surface area contributed by atoms with Gasteiger partial charge >= 0.3 is 0 Å². The number of carbonyl (C=O) groups excluding carboxylic acids is 3. The number of halogens is 1. The number of rotatable bonds is 9. The lowest BCUT2D eigenvalue weighted by atomic mass is 9.90. The Morgan fingerprint density at radius 3 is 2.44 bits per heavy atom. The summed E-state index contributed by atoms with van der Waals surface area (Å²) in [7, 11) is 0. The van der Waals surface area contributed by atoms with Gasteiger partial charge in [-0.1, -0.05) is 48.0 Å². The Hall–Kier alpha value is -4.14. The van der Waals surface area contributed by atoms with E-state index < -0.39 is 6.04 Å². The van der Waals surface area contributed by atoms with Crippen molar-refractivity contribution in [2.24, 2.45) is 11.8 Å². The molecule has 3 aliphatic heterocycles. The first-order chi connectivity index (χ1) is 23.4. The summed E-state index contributed by atoms with van der Waals surface area (Å²) in [6.07, 6.45) is 7.50. The number of benzene rings is 3. The van der Waals surface area contributed by atoms with Crippen LogP contribution in [0.25, 0.3) is 10.9 Å². The van der Waals surface area contributed by atoms with Gasteiger partial charge in [0.1, 0.15) is 6.04 Å². The van der Waals surface area contributed by atoms with Crippen LogP contribution in [0, 0.1) is 11.8 Å². The van der Waals surface area contributed by atoms with Gasteiger partial charge in [-0.25, -0.2) is 0 Å². The molecule has 2 N–H and O–H groups in total. The zero-order chi connectivity index (χ0) is 33.0. The summed E-state index contributed by atoms with van der Waals surface area (Å²) >= 11 is 6.46. The molecule has 48 heavy (non-hydrogen) atoms. The van der Waals surface area contributed by atoms with Crippen molar-refractivity contribution in [3.05, 3.63) is 101 Å². The maximum absolute atomic E-state index is 14.7. The number of fused-ring (bicyclic) bond motifs is 2. The Balaban J connectivity index is 1.08. The number of hydrogen-bond donors (Lipinski definition) is 2. The van der Waals surface area contributed by atoms with Crippen molar-refractivity contribution in [3.8, 4) is 0 Å². The number of piperidine rings is 1. The third-order valence-electron chi connectivity index (χ3n) is 10.4. The normalized spacial score (nSPS) is 19.3. The van der Waals surface area contributed by atoms with Crippen molar-refractivity contribution in [1.82, 2.24) is 20.1 Å². The minimum atomic E-state index is -0.731. The fourth-order valence-electron chi connectivity index (χ4n) is 7.90. The van der Waals surface area contributed by atoms with Gasteiger partial charge in [-0.2, -0.15) is 0 Å². The quantitative estimate of drug-likeness (QED) is 0.227. The van der Waals surface area contributed by atoms with Gasteiger partial charge in [-0.15, -0.1) is 0 Å². The number of nitrogens with zero attached hydrogens (tertiary/aromatic N) is 3. The number of anilines is 1. The van der Waals surface area contributed by atoms with Crippen LogP contribution in [-0.2, 0) is 22.4 Å². The summed E-state index contributed by atoms with van der Waals surface area (Å²) in [5.74, 6) is 0.256. The highest BCUT2D eigenvalue weighted by molar-refractivity contribution is 6.30. The van der Waals surface area contributed by atoms with Gasteiger partial charge in [0, 0.05) is 72.4 Å². The van der Waals surface area contributed by atoms with E-state index in [4.69, 9.17) is 11.6 Å². The molecule has 1 aromatic heterocycles. The maximum atomic E-state index is 14.7. The number of carbonyl (C=O) groups is 3. The first-order valence-corrected chi connectivity index (χ1v) is 17.8. The predicted octanol–water partition coefficient (Wildman–Crippen LogP) is 6.09. The van der Waals surface area contributed by atoms with Crippen molar-refractivity contribution in [2.45, 2.75) is 51.0 Å². The molecule has 0 spiro atoms. The van der Waals surface area contributed by atoms with Gasteiger partial charge < -0.3 is 25.0 Å². The van der Waals surface area contributed by atoms with E-state index in [9.17, 15) is 14.4 Å². The molecule has 8 nitrogen and oxygen atoms in total. The topological polar surface area (TPSA) is 88.8 Å². The smallest absolute Gasteiger partial charge is 0.253 e. The summed E-state index contributed by atoms with van der Waals surface area (Å²) in [6, 6.07) is 22.5. The van der Waals surface area contributed by atoms with E-state index in [0.717, 1.165) is 66.6 Å². The Morgan fingerprint density at radius 2 is 1.65 bits per heavy atom. The van der Waals surface area contributed by atoms with Crippen LogP contribution in [0.4, 0.5) is 5.69 Å². The van der Waals surface area contributed by atoms with Gasteiger partial charge in [-0.05, 0) is 105 Å². The second-order valence-corrected chi connectivity index (χ2v) is 14.2. The van der Waals surface area contributed by atoms with Crippen LogP contribution in [0.2, 0.25) is 5.02 Å². The summed E-state index contributed by atoms with van der Waals surface area (Å²) in [5, 5.41) is 4.92. The first kappa shape index (κ1) is 32.4. The van der Waals surface area contributed by atoms with Gasteiger partial charge in [-0.3, -0.25) is 14.4 Å². The molecule has 0 unspecified atom stereocenters. The predicted molar refractivity (Wildman–Crippen MR) is 190 cm³/mol. The van der Waals surface area contributed by atoms with E-state index in [0.29, 0.717) is 43.1 Å². The van der Waals surface area contributed by atoms with Crippen molar-refractivity contribution >= 4 is 45.9 Å². The van der Waals surface area contributed by atoms with Crippen LogP contribution in [0.3, 0.4) is 0 Å². The average Bonchev–Trinajstić information content (AvgIpc) is 3.77. The Bertz CT molecular complexity index is 1760. The minimum Gasteiger partial charge on any atom is -0.361 e. The van der Waals surface area contributed by atoms with Crippen LogP contribution in [0.1, 0.15) is 53.6 Å². The van der Waals surface area contributed by atoms with Gasteiger partial charge in [0.15, 0.2) is 0 Å². The minimum absolute atomic E-state index is 0.0361. The summed E-state index contributed by atoms with van der Waals surface area (Å²) < 4.78 is 0. The highest BCUT2D eigenvalue weighted by Gasteiger charge is 2.35. The molecule has 3 aliphatic rings. The number of para-hydroxylation sites is 1. The van der Waals surface area contributed by atoms with E-state index in [1.807, 2.05) is 82.7 Å². The molecule has 7 rings (SSSR count). The molecule has 250 valence electrons. The number of nitrogens with one attached hydrogen (secondary N) is 2. The largest absolute Gasteiger partial charge is 0.361 e. The third-order valence-corrected chi connectivity index (χ3v) is 10.6. The molecule has 0 bridgehead atoms. The Morgan fingerprint density at radius 1 is 0.896 bits per heavy atom. The Kier molecular flexibility index (Phi) is 9.82. The molecule has 2 saturated heterocycles. The monoisotopic (exact) mass is 665 g/mol. The van der Waals surface area contributed by atoms with E-state index in [-0.39, 0.29) is 29.6 Å². The fraction of sp³-hybridized carbons (Fsp3) is 0.410. The molecule has 0 saturated carbocycles. The number of H-pyrrole nitrogens is 1. The second-order valence-electron chi connectivity index (χ2n) is 13.8. The van der Waals surface area contributed by atoms with Crippen LogP contribution in [-0.4, -0.2) is 77.8 Å². The van der Waals surface area contributed by atoms with E-state index >= 15 is 0 Å². The van der Waals surface area contributed by atoms with Gasteiger partial charge in [0.2, 0.25) is 11.8 Å². The molecule has 2 atom stereocenters. The molecular formula is C39H44ClN5O3. The summed E-state index contributed by atoms with van der Waals surface area (Å²) in [5.41, 5.74) is 4.66. The van der Waals surface area contributed by atoms with Crippen molar-refractivity contribution in [3.63, 3.8) is 0 Å². The molecule has 2 fully saturated rings. The van der Waals surface area contributed by atoms with Crippen molar-refractivity contribution in [1.29, 1.82) is 0 Å². The molecule has 3 amide bonds. The zero-order valence-electron chi connectivity index (χ0n) is 27.4. The van der Waals surface area contributed by atoms with Gasteiger partial charge in [0.25, 0.3) is 5.91 Å². The molecule has 3 aromatic carbocycles. The standard InChI is InChI=1S/C39H44ClN5O3/c40-32-12-13-36-30(22-32)20-28(25-43-16-6-7-17-43)26-45(36)39(48)35(23-31-24-41-34-11-5-4-10-33(31)34)42-37(46)21-27-14-18-44(19-15-27)38(47)29-8-2-1-3-9-29/h1-5,8-13,22,24,27-28,35,41H,6-7,14-21,23,25-26H2,(H,42,46)/t28-,35-/m1/s1. The highest BCUT2D eigenvalue weighted by atomic mass is 35.5. The first-order valence-electron chi connectivity index (χ1n) is 17.4.